The maximum atomic E-state index is 12.1. The summed E-state index contributed by atoms with van der Waals surface area (Å²) in [6, 6.07) is 3.05. The molecule has 0 aliphatic carbocycles. The van der Waals surface area contributed by atoms with E-state index in [4.69, 9.17) is 10.8 Å². The molecule has 0 aliphatic heterocycles. The minimum Gasteiger partial charge on any atom is -0.508 e. The maximum Gasteiger partial charge on any atom is 0.124 e. The summed E-state index contributed by atoms with van der Waals surface area (Å²) in [4.78, 5) is 0. The summed E-state index contributed by atoms with van der Waals surface area (Å²) in [7, 11) is 0. The fraction of sp³-hybridized carbons (Fsp3) is 0.250. The third kappa shape index (κ3) is 2.75. The zero-order valence-corrected chi connectivity index (χ0v) is 7.59. The summed E-state index contributed by atoms with van der Waals surface area (Å²) >= 11 is 0. The molecule has 1 aromatic rings. The van der Waals surface area contributed by atoms with Crippen LogP contribution in [0.4, 0.5) is 4.39 Å². The number of nitrogens with two attached hydrogens (primary N) is 1. The second kappa shape index (κ2) is 4.89. The van der Waals surface area contributed by atoms with Crippen LogP contribution in [0.3, 0.4) is 0 Å². The highest BCUT2D eigenvalue weighted by atomic mass is 35.5. The minimum atomic E-state index is -0.828. The Morgan fingerprint density at radius 2 is 2.00 bits per heavy atom. The highest BCUT2D eigenvalue weighted by molar-refractivity contribution is 5.85. The predicted octanol–water partition coefficient (Wildman–Crippen LogP) is 1.49. The van der Waals surface area contributed by atoms with Gasteiger partial charge in [-0.1, -0.05) is 0 Å². The summed E-state index contributed by atoms with van der Waals surface area (Å²) < 4.78 is 12.1. The maximum absolute atomic E-state index is 12.1. The quantitative estimate of drug-likeness (QED) is 0.689. The molecule has 0 radical (unpaired) electrons. The van der Waals surface area contributed by atoms with E-state index in [2.05, 4.69) is 0 Å². The third-order valence-electron chi connectivity index (χ3n) is 1.58. The number of phenolic OH excluding ortho intramolecular Hbond substituents is 2. The van der Waals surface area contributed by atoms with E-state index in [1.165, 1.54) is 12.1 Å². The fourth-order valence-corrected chi connectivity index (χ4v) is 0.929. The number of benzene rings is 1. The molecule has 0 spiro atoms. The highest BCUT2D eigenvalue weighted by Crippen LogP contribution is 2.26. The molecule has 0 heterocycles. The lowest BCUT2D eigenvalue weighted by atomic mass is 10.1. The van der Waals surface area contributed by atoms with Crippen LogP contribution >= 0.6 is 12.4 Å². The first-order chi connectivity index (χ1) is 5.65. The Morgan fingerprint density at radius 1 is 1.38 bits per heavy atom. The Hall–Kier alpha value is -1.00. The Morgan fingerprint density at radius 3 is 2.46 bits per heavy atom. The molecule has 1 atom stereocenters. The minimum absolute atomic E-state index is 0. The van der Waals surface area contributed by atoms with Crippen LogP contribution in [0.5, 0.6) is 11.5 Å². The number of phenols is 2. The first-order valence-electron chi connectivity index (χ1n) is 3.48. The van der Waals surface area contributed by atoms with Gasteiger partial charge in [0.15, 0.2) is 0 Å². The van der Waals surface area contributed by atoms with Crippen LogP contribution in [-0.4, -0.2) is 16.9 Å². The van der Waals surface area contributed by atoms with Crippen LogP contribution in [0.15, 0.2) is 18.2 Å². The molecule has 0 aromatic heterocycles. The molecule has 0 saturated carbocycles. The van der Waals surface area contributed by atoms with E-state index in [9.17, 15) is 9.50 Å². The average Bonchev–Trinajstić information content (AvgIpc) is 2.03. The molecule has 0 bridgehead atoms. The lowest BCUT2D eigenvalue weighted by Gasteiger charge is -2.09. The molecule has 5 heteroatoms. The van der Waals surface area contributed by atoms with Crippen molar-refractivity contribution in [2.24, 2.45) is 5.73 Å². The number of hydrogen-bond donors (Lipinski definition) is 3. The lowest BCUT2D eigenvalue weighted by molar-refractivity contribution is 0.409. The summed E-state index contributed by atoms with van der Waals surface area (Å²) in [6.07, 6.45) is 0. The van der Waals surface area contributed by atoms with Crippen LogP contribution in [0, 0.1) is 0 Å². The SMILES string of the molecule is Cl.N[C@H](CF)c1ccc(O)cc1O. The van der Waals surface area contributed by atoms with Crippen molar-refractivity contribution in [3.63, 3.8) is 0 Å². The van der Waals surface area contributed by atoms with Gasteiger partial charge < -0.3 is 15.9 Å². The lowest BCUT2D eigenvalue weighted by Crippen LogP contribution is -2.11. The third-order valence-corrected chi connectivity index (χ3v) is 1.58. The molecule has 74 valence electrons. The normalized spacial score (nSPS) is 11.8. The van der Waals surface area contributed by atoms with Gasteiger partial charge in [-0.05, 0) is 12.1 Å². The topological polar surface area (TPSA) is 66.5 Å². The van der Waals surface area contributed by atoms with Gasteiger partial charge >= 0.3 is 0 Å². The zero-order chi connectivity index (χ0) is 9.14. The largest absolute Gasteiger partial charge is 0.508 e. The number of hydrogen-bond acceptors (Lipinski definition) is 3. The molecule has 3 nitrogen and oxygen atoms in total. The summed E-state index contributed by atoms with van der Waals surface area (Å²) in [5, 5.41) is 18.1. The van der Waals surface area contributed by atoms with Crippen molar-refractivity contribution in [2.75, 3.05) is 6.67 Å². The van der Waals surface area contributed by atoms with Gasteiger partial charge in [0.25, 0.3) is 0 Å². The van der Waals surface area contributed by atoms with Crippen LogP contribution < -0.4 is 5.73 Å². The standard InChI is InChI=1S/C8H10FNO2.ClH/c9-4-7(10)6-2-1-5(11)3-8(6)12;/h1-3,7,11-12H,4,10H2;1H/t7-;/m1./s1. The van der Waals surface area contributed by atoms with Crippen LogP contribution in [0.25, 0.3) is 0 Å². The fourth-order valence-electron chi connectivity index (χ4n) is 0.929. The number of alkyl halides is 1. The predicted molar refractivity (Wildman–Crippen MR) is 49.9 cm³/mol. The molecule has 0 saturated heterocycles. The van der Waals surface area contributed by atoms with Crippen LogP contribution in [0.2, 0.25) is 0 Å². The molecule has 13 heavy (non-hydrogen) atoms. The molecule has 0 unspecified atom stereocenters. The Balaban J connectivity index is 0.00000144. The van der Waals surface area contributed by atoms with E-state index < -0.39 is 12.7 Å². The molecule has 0 aliphatic rings. The second-order valence-electron chi connectivity index (χ2n) is 2.50. The highest BCUT2D eigenvalue weighted by Gasteiger charge is 2.10. The van der Waals surface area contributed by atoms with Gasteiger partial charge in [0.2, 0.25) is 0 Å². The van der Waals surface area contributed by atoms with Crippen molar-refractivity contribution < 1.29 is 14.6 Å². The van der Waals surface area contributed by atoms with E-state index >= 15 is 0 Å². The molecular weight excluding hydrogens is 197 g/mol. The van der Waals surface area contributed by atoms with Crippen molar-refractivity contribution in [1.29, 1.82) is 0 Å². The van der Waals surface area contributed by atoms with E-state index in [1.807, 2.05) is 0 Å². The Labute approximate surface area is 81.4 Å². The molecule has 1 rings (SSSR count). The van der Waals surface area contributed by atoms with Gasteiger partial charge in [0.05, 0.1) is 6.04 Å². The van der Waals surface area contributed by atoms with Gasteiger partial charge in [-0.2, -0.15) is 0 Å². The number of aromatic hydroxyl groups is 2. The van der Waals surface area contributed by atoms with Crippen LogP contribution in [0.1, 0.15) is 11.6 Å². The van der Waals surface area contributed by atoms with Crippen molar-refractivity contribution in [3.8, 4) is 11.5 Å². The molecule has 1 aromatic carbocycles. The average molecular weight is 208 g/mol. The number of rotatable bonds is 2. The van der Waals surface area contributed by atoms with Gasteiger partial charge in [-0.25, -0.2) is 4.39 Å². The van der Waals surface area contributed by atoms with E-state index in [-0.39, 0.29) is 23.9 Å². The van der Waals surface area contributed by atoms with Crippen molar-refractivity contribution in [3.05, 3.63) is 23.8 Å². The molecule has 0 amide bonds. The smallest absolute Gasteiger partial charge is 0.124 e. The van der Waals surface area contributed by atoms with Crippen molar-refractivity contribution in [2.45, 2.75) is 6.04 Å². The van der Waals surface area contributed by atoms with Gasteiger partial charge in [0, 0.05) is 11.6 Å². The van der Waals surface area contributed by atoms with Gasteiger partial charge in [-0.3, -0.25) is 0 Å². The van der Waals surface area contributed by atoms with E-state index in [0.29, 0.717) is 5.56 Å². The molecular formula is C8H11ClFNO2. The monoisotopic (exact) mass is 207 g/mol. The molecule has 4 N–H and O–H groups in total. The van der Waals surface area contributed by atoms with E-state index in [0.717, 1.165) is 6.07 Å². The Bertz CT molecular complexity index is 283. The van der Waals surface area contributed by atoms with E-state index in [1.54, 1.807) is 0 Å². The number of halogens is 2. The summed E-state index contributed by atoms with van der Waals surface area (Å²) in [5.74, 6) is -0.248. The zero-order valence-electron chi connectivity index (χ0n) is 6.77. The Kier molecular flexibility index (Phi) is 4.51. The molecule has 0 fully saturated rings. The first kappa shape index (κ1) is 12.0. The van der Waals surface area contributed by atoms with Crippen molar-refractivity contribution >= 4 is 12.4 Å². The van der Waals surface area contributed by atoms with Gasteiger partial charge in [-0.15, -0.1) is 12.4 Å². The summed E-state index contributed by atoms with van der Waals surface area (Å²) in [6.45, 7) is -0.738. The van der Waals surface area contributed by atoms with Crippen molar-refractivity contribution in [1.82, 2.24) is 0 Å². The van der Waals surface area contributed by atoms with Crippen LogP contribution in [-0.2, 0) is 0 Å². The second-order valence-corrected chi connectivity index (χ2v) is 2.50. The summed E-state index contributed by atoms with van der Waals surface area (Å²) in [5.41, 5.74) is 5.63. The first-order valence-corrected chi connectivity index (χ1v) is 3.48. The van der Waals surface area contributed by atoms with Gasteiger partial charge in [0.1, 0.15) is 18.2 Å².